The van der Waals surface area contributed by atoms with E-state index in [0.717, 1.165) is 51.4 Å². The first-order chi connectivity index (χ1) is 24.5. The fourth-order valence-corrected chi connectivity index (χ4v) is 6.25. The highest BCUT2D eigenvalue weighted by Gasteiger charge is 2.20. The van der Waals surface area contributed by atoms with Crippen LogP contribution in [0.4, 0.5) is 0 Å². The summed E-state index contributed by atoms with van der Waals surface area (Å²) in [6, 6.07) is -0.770. The summed E-state index contributed by atoms with van der Waals surface area (Å²) in [6.07, 6.45) is 51.0. The van der Waals surface area contributed by atoms with Crippen LogP contribution in [0.25, 0.3) is 0 Å². The molecule has 0 bridgehead atoms. The number of aliphatic hydroxyl groups is 3. The van der Waals surface area contributed by atoms with Crippen LogP contribution in [0.1, 0.15) is 206 Å². The van der Waals surface area contributed by atoms with E-state index in [2.05, 4.69) is 55.6 Å². The van der Waals surface area contributed by atoms with Crippen molar-refractivity contribution in [2.75, 3.05) is 6.61 Å². The minimum atomic E-state index is -0.962. The quantitative estimate of drug-likeness (QED) is 0.0381. The standard InChI is InChI=1S/C45H83NO4/c1-3-5-7-9-11-13-15-17-19-21-22-23-24-26-28-30-32-34-36-38-42(48)40-45(50)46-43(41-47)44(49)39-37-35-33-31-29-27-25-20-18-16-14-12-10-8-6-4-2/h18,20,23-24,29,31,37,39,42-44,47-49H,3-17,19,21-22,25-28,30,32-36,38,40-41H2,1-2H3,(H,46,50)/b20-18+,24-23-,31-29+,39-37+. The maximum absolute atomic E-state index is 12.4. The van der Waals surface area contributed by atoms with Crippen molar-refractivity contribution in [1.82, 2.24) is 5.32 Å². The van der Waals surface area contributed by atoms with Gasteiger partial charge in [-0.3, -0.25) is 4.79 Å². The lowest BCUT2D eigenvalue weighted by atomic mass is 10.0. The van der Waals surface area contributed by atoms with Gasteiger partial charge in [-0.2, -0.15) is 0 Å². The van der Waals surface area contributed by atoms with Gasteiger partial charge in [0.2, 0.25) is 5.91 Å². The summed E-state index contributed by atoms with van der Waals surface area (Å²) in [5, 5.41) is 33.1. The Balaban J connectivity index is 3.76. The Bertz CT molecular complexity index is 820. The molecule has 0 aromatic rings. The maximum Gasteiger partial charge on any atom is 0.222 e. The average Bonchev–Trinajstić information content (AvgIpc) is 3.11. The van der Waals surface area contributed by atoms with Crippen molar-refractivity contribution < 1.29 is 20.1 Å². The first-order valence-electron chi connectivity index (χ1n) is 21.4. The number of hydrogen-bond donors (Lipinski definition) is 4. The topological polar surface area (TPSA) is 89.8 Å². The molecule has 0 aliphatic rings. The van der Waals surface area contributed by atoms with E-state index in [4.69, 9.17) is 0 Å². The van der Waals surface area contributed by atoms with E-state index < -0.39 is 18.2 Å². The summed E-state index contributed by atoms with van der Waals surface area (Å²) >= 11 is 0. The van der Waals surface area contributed by atoms with Crippen molar-refractivity contribution in [2.45, 2.75) is 225 Å². The van der Waals surface area contributed by atoms with Gasteiger partial charge in [0.15, 0.2) is 0 Å². The normalized spacial score (nSPS) is 14.1. The van der Waals surface area contributed by atoms with Gasteiger partial charge in [0.1, 0.15) is 0 Å². The van der Waals surface area contributed by atoms with E-state index in [1.807, 2.05) is 6.08 Å². The second kappa shape index (κ2) is 40.1. The van der Waals surface area contributed by atoms with Crippen LogP contribution in [0.2, 0.25) is 0 Å². The lowest BCUT2D eigenvalue weighted by molar-refractivity contribution is -0.124. The Morgan fingerprint density at radius 3 is 1.28 bits per heavy atom. The van der Waals surface area contributed by atoms with Gasteiger partial charge in [0.25, 0.3) is 0 Å². The zero-order valence-corrected chi connectivity index (χ0v) is 33.0. The zero-order chi connectivity index (χ0) is 36.6. The summed E-state index contributed by atoms with van der Waals surface area (Å²) < 4.78 is 0. The molecule has 0 spiro atoms. The molecule has 0 heterocycles. The van der Waals surface area contributed by atoms with Gasteiger partial charge in [0, 0.05) is 0 Å². The van der Waals surface area contributed by atoms with Gasteiger partial charge in [-0.15, -0.1) is 0 Å². The number of allylic oxidation sites excluding steroid dienone is 7. The van der Waals surface area contributed by atoms with Gasteiger partial charge in [-0.25, -0.2) is 0 Å². The lowest BCUT2D eigenvalue weighted by Crippen LogP contribution is -2.45. The predicted octanol–water partition coefficient (Wildman–Crippen LogP) is 12.2. The Morgan fingerprint density at radius 1 is 0.500 bits per heavy atom. The fourth-order valence-electron chi connectivity index (χ4n) is 6.25. The number of hydrogen-bond acceptors (Lipinski definition) is 4. The molecule has 50 heavy (non-hydrogen) atoms. The number of nitrogens with one attached hydrogen (secondary N) is 1. The molecule has 3 unspecified atom stereocenters. The smallest absolute Gasteiger partial charge is 0.222 e. The average molecular weight is 702 g/mol. The van der Waals surface area contributed by atoms with Gasteiger partial charge >= 0.3 is 0 Å². The molecule has 3 atom stereocenters. The van der Waals surface area contributed by atoms with E-state index in [9.17, 15) is 20.1 Å². The first-order valence-corrected chi connectivity index (χ1v) is 21.4. The Hall–Kier alpha value is -1.69. The highest BCUT2D eigenvalue weighted by molar-refractivity contribution is 5.76. The van der Waals surface area contributed by atoms with Crippen molar-refractivity contribution in [3.8, 4) is 0 Å². The molecule has 0 saturated heterocycles. The summed E-state index contributed by atoms with van der Waals surface area (Å²) in [5.41, 5.74) is 0. The van der Waals surface area contributed by atoms with Gasteiger partial charge < -0.3 is 20.6 Å². The van der Waals surface area contributed by atoms with Crippen molar-refractivity contribution in [3.63, 3.8) is 0 Å². The molecule has 0 radical (unpaired) electrons. The SMILES string of the molecule is CCCCCCCC/C=C/CC/C=C/CC/C=C/C(O)C(CO)NC(=O)CC(O)CCCCCCC/C=C\CCCCCCCCCCCC. The number of amides is 1. The second-order valence-corrected chi connectivity index (χ2v) is 14.6. The predicted molar refractivity (Wildman–Crippen MR) is 217 cm³/mol. The van der Waals surface area contributed by atoms with Crippen molar-refractivity contribution in [3.05, 3.63) is 48.6 Å². The van der Waals surface area contributed by atoms with Crippen LogP contribution in [0.15, 0.2) is 48.6 Å². The third-order valence-electron chi connectivity index (χ3n) is 9.57. The van der Waals surface area contributed by atoms with Crippen LogP contribution < -0.4 is 5.32 Å². The van der Waals surface area contributed by atoms with Crippen molar-refractivity contribution in [2.24, 2.45) is 0 Å². The summed E-state index contributed by atoms with van der Waals surface area (Å²) in [4.78, 5) is 12.4. The molecule has 1 amide bonds. The maximum atomic E-state index is 12.4. The summed E-state index contributed by atoms with van der Waals surface area (Å²) in [6.45, 7) is 4.18. The number of carbonyl (C=O) groups is 1. The highest BCUT2D eigenvalue weighted by Crippen LogP contribution is 2.14. The minimum Gasteiger partial charge on any atom is -0.394 e. The van der Waals surface area contributed by atoms with E-state index >= 15 is 0 Å². The van der Waals surface area contributed by atoms with Crippen LogP contribution >= 0.6 is 0 Å². The molecule has 0 fully saturated rings. The third-order valence-corrected chi connectivity index (χ3v) is 9.57. The van der Waals surface area contributed by atoms with Crippen molar-refractivity contribution in [1.29, 1.82) is 0 Å². The van der Waals surface area contributed by atoms with Crippen LogP contribution in [0.5, 0.6) is 0 Å². The monoisotopic (exact) mass is 702 g/mol. The number of carbonyl (C=O) groups excluding carboxylic acids is 1. The summed E-state index contributed by atoms with van der Waals surface area (Å²) in [5.74, 6) is -0.336. The van der Waals surface area contributed by atoms with E-state index in [1.165, 1.54) is 128 Å². The zero-order valence-electron chi connectivity index (χ0n) is 33.0. The van der Waals surface area contributed by atoms with Crippen LogP contribution in [-0.2, 0) is 4.79 Å². The molecule has 5 nitrogen and oxygen atoms in total. The number of aliphatic hydroxyl groups excluding tert-OH is 3. The van der Waals surface area contributed by atoms with Gasteiger partial charge in [0.05, 0.1) is 31.3 Å². The Kier molecular flexibility index (Phi) is 38.7. The lowest BCUT2D eigenvalue weighted by Gasteiger charge is -2.20. The molecular formula is C45H83NO4. The van der Waals surface area contributed by atoms with Gasteiger partial charge in [-0.1, -0.05) is 178 Å². The van der Waals surface area contributed by atoms with Gasteiger partial charge in [-0.05, 0) is 70.6 Å². The summed E-state index contributed by atoms with van der Waals surface area (Å²) in [7, 11) is 0. The largest absolute Gasteiger partial charge is 0.394 e. The first kappa shape index (κ1) is 48.3. The molecule has 292 valence electrons. The van der Waals surface area contributed by atoms with E-state index in [-0.39, 0.29) is 18.9 Å². The van der Waals surface area contributed by atoms with E-state index in [0.29, 0.717) is 6.42 Å². The molecule has 0 aliphatic heterocycles. The van der Waals surface area contributed by atoms with Crippen LogP contribution in [0.3, 0.4) is 0 Å². The van der Waals surface area contributed by atoms with E-state index in [1.54, 1.807) is 6.08 Å². The van der Waals surface area contributed by atoms with Crippen molar-refractivity contribution >= 4 is 5.91 Å². The molecule has 0 saturated carbocycles. The van der Waals surface area contributed by atoms with Crippen LogP contribution in [-0.4, -0.2) is 46.1 Å². The number of unbranched alkanes of at least 4 members (excludes halogenated alkanes) is 23. The second-order valence-electron chi connectivity index (χ2n) is 14.6. The highest BCUT2D eigenvalue weighted by atomic mass is 16.3. The minimum absolute atomic E-state index is 0.00416. The third kappa shape index (κ3) is 36.1. The molecule has 0 aromatic carbocycles. The molecule has 5 heteroatoms. The molecule has 4 N–H and O–H groups in total. The Morgan fingerprint density at radius 2 is 0.860 bits per heavy atom. The fraction of sp³-hybridized carbons (Fsp3) is 0.800. The number of rotatable bonds is 38. The van der Waals surface area contributed by atoms with Crippen LogP contribution in [0, 0.1) is 0 Å². The Labute approximate surface area is 310 Å². The molecular weight excluding hydrogens is 618 g/mol. The molecule has 0 aromatic heterocycles. The molecule has 0 rings (SSSR count). The molecule has 0 aliphatic carbocycles.